The van der Waals surface area contributed by atoms with E-state index in [4.69, 9.17) is 54.1 Å². The van der Waals surface area contributed by atoms with E-state index in [1.54, 1.807) is 65.3 Å². The number of cyclic esters (lactones) is 1. The van der Waals surface area contributed by atoms with E-state index < -0.39 is 114 Å². The Morgan fingerprint density at radius 2 is 1.58 bits per heavy atom. The highest BCUT2D eigenvalue weighted by molar-refractivity contribution is 6.39. The number of aliphatic hydroxyl groups is 2. The summed E-state index contributed by atoms with van der Waals surface area (Å²) in [4.78, 5) is 109. The Kier molecular flexibility index (Phi) is 35.1. The van der Waals surface area contributed by atoms with Gasteiger partial charge < -0.3 is 85.2 Å². The van der Waals surface area contributed by atoms with Crippen molar-refractivity contribution < 1.29 is 91.2 Å². The van der Waals surface area contributed by atoms with Gasteiger partial charge in [0, 0.05) is 64.8 Å². The number of allylic oxidation sites excluding steroid dienone is 6. The summed E-state index contributed by atoms with van der Waals surface area (Å²) in [6.45, 7) is 19.7. The predicted octanol–water partition coefficient (Wildman–Crippen LogP) is 7.53. The first kappa shape index (κ1) is 83.8. The number of primary amides is 1. The minimum absolute atomic E-state index is 0.0172. The van der Waals surface area contributed by atoms with Crippen LogP contribution in [0.3, 0.4) is 0 Å². The van der Waals surface area contributed by atoms with Gasteiger partial charge in [-0.05, 0) is 143 Å². The van der Waals surface area contributed by atoms with E-state index in [0.29, 0.717) is 81.0 Å². The maximum Gasteiger partial charge on any atom is 0.409 e. The molecule has 2 bridgehead atoms. The molecule has 5 rings (SSSR count). The van der Waals surface area contributed by atoms with Gasteiger partial charge in [-0.2, -0.15) is 0 Å². The van der Waals surface area contributed by atoms with Crippen LogP contribution in [-0.2, 0) is 78.0 Å². The number of amides is 6. The van der Waals surface area contributed by atoms with Crippen LogP contribution < -0.4 is 32.7 Å². The van der Waals surface area contributed by atoms with Gasteiger partial charge in [-0.25, -0.2) is 14.4 Å². The average Bonchev–Trinajstić information content (AvgIpc) is 0.774. The Morgan fingerprint density at radius 1 is 0.850 bits per heavy atom. The smallest absolute Gasteiger partial charge is 0.409 e. The second kappa shape index (κ2) is 41.9. The Labute approximate surface area is 590 Å². The summed E-state index contributed by atoms with van der Waals surface area (Å²) in [6, 6.07) is 2.98. The Bertz CT molecular complexity index is 2980. The van der Waals surface area contributed by atoms with E-state index >= 15 is 0 Å². The van der Waals surface area contributed by atoms with Crippen molar-refractivity contribution in [1.29, 1.82) is 0 Å². The van der Waals surface area contributed by atoms with Crippen molar-refractivity contribution in [3.63, 3.8) is 0 Å². The standard InChI is InChI=1S/C74H115N7O19/c1-44(2)63(75)69(86)80-56(22-19-32-77-72(76)89)68(85)79-54-28-25-52(26-29-54)42-98-73(90)78-43-96-34-35-97-58-31-27-53(40-61(58)93-11)37-49(7)60-38-47(5)48(6)39-62(94-12)65(83)66(95-13)64(82)50(8)36-45(3)20-15-14-16-21-46(4)59(92-10)41-55-30-24-51(9)74(91,100-55)67(84)70(87)81-33-18-17-23-57(81)71(88)99-60/h14-16,20-21,25-26,28-29,39,44-45,48-51,53,55-61,63,65-66,83,91H,5,17-19,22-24,27,30-38,40-43,75H2,1-4,6-13H3,(H,78,90)(H,79,85)(H,80,86)(H3,76,77,89)/b16-14+,20-15+,46-21+,62-39-/t45-,48-,49+,50-,51-,53-,55+,56+,57?,58-,59+,60+,61-,63+,65-,66+,74-/m1/s1. The molecule has 3 heterocycles. The number of benzene rings is 1. The second-order valence-electron chi connectivity index (χ2n) is 27.7. The Morgan fingerprint density at radius 3 is 2.25 bits per heavy atom. The minimum Gasteiger partial charge on any atom is -0.499 e. The number of ether oxygens (including phenoxy) is 9. The SMILES string of the molecule is C=C1C[C@@H]([C@@H](C)C[C@H]2CC[C@@H](OCCOCNC(=O)OCc3ccc(NC(=O)[C@H](CCCNC(N)=O)NC(=O)[C@@H](N)C(C)C)cc3)[C@H](OC)C2)OC(=O)C2CCCCN2C(=O)C(=O)[C@]2(O)O[C@@H](CC[C@H]2C)C[C@H](OC)/C(C)=C/C=C/C=C/[C@@H](C)C[C@@H](C)C(=O)[C@H](OC)[C@H](O)/C(OC)=C/[C@H]1C. The molecule has 1 aliphatic carbocycles. The lowest BCUT2D eigenvalue weighted by molar-refractivity contribution is -0.265. The molecule has 100 heavy (non-hydrogen) atoms. The lowest BCUT2D eigenvalue weighted by Gasteiger charge is -2.42. The van der Waals surface area contributed by atoms with Gasteiger partial charge in [0.05, 0.1) is 50.8 Å². The number of aliphatic hydroxyl groups excluding tert-OH is 1. The molecule has 10 N–H and O–H groups in total. The predicted molar refractivity (Wildman–Crippen MR) is 375 cm³/mol. The number of hydrogen-bond acceptors (Lipinski definition) is 20. The first-order valence-corrected chi connectivity index (χ1v) is 35.4. The molecule has 0 aromatic heterocycles. The van der Waals surface area contributed by atoms with Crippen LogP contribution in [0.4, 0.5) is 15.3 Å². The molecule has 0 spiro atoms. The lowest BCUT2D eigenvalue weighted by Crippen LogP contribution is -2.61. The summed E-state index contributed by atoms with van der Waals surface area (Å²) in [5.74, 6) is -8.58. The molecule has 4 aliphatic rings. The van der Waals surface area contributed by atoms with Gasteiger partial charge in [-0.15, -0.1) is 0 Å². The number of esters is 1. The number of nitrogens with two attached hydrogens (primary N) is 2. The number of rotatable bonds is 24. The molecule has 6 amide bonds. The van der Waals surface area contributed by atoms with Crippen LogP contribution in [0.2, 0.25) is 0 Å². The van der Waals surface area contributed by atoms with Crippen molar-refractivity contribution in [2.45, 2.75) is 219 Å². The van der Waals surface area contributed by atoms with Gasteiger partial charge in [0.25, 0.3) is 11.7 Å². The zero-order valence-electron chi connectivity index (χ0n) is 60.9. The molecule has 560 valence electrons. The third kappa shape index (κ3) is 25.6. The number of fused-ring (bicyclic) bond motifs is 3. The normalized spacial score (nSPS) is 30.7. The van der Waals surface area contributed by atoms with E-state index in [1.807, 2.05) is 65.0 Å². The maximum absolute atomic E-state index is 14.8. The number of Topliss-reactive ketones (excluding diaryl/α,β-unsaturated/α-hetero) is 2. The summed E-state index contributed by atoms with van der Waals surface area (Å²) in [6.07, 6.45) is 11.6. The highest BCUT2D eigenvalue weighted by Gasteiger charge is 2.53. The van der Waals surface area contributed by atoms with Gasteiger partial charge in [-0.3, -0.25) is 29.3 Å². The fourth-order valence-electron chi connectivity index (χ4n) is 13.2. The number of nitrogens with zero attached hydrogens (tertiary/aromatic N) is 1. The molecule has 17 atom stereocenters. The lowest BCUT2D eigenvalue weighted by atomic mass is 9.78. The largest absolute Gasteiger partial charge is 0.499 e. The molecule has 3 fully saturated rings. The number of alkyl carbamates (subject to hydrolysis) is 1. The number of ketones is 2. The van der Waals surface area contributed by atoms with Crippen molar-refractivity contribution in [1.82, 2.24) is 20.9 Å². The van der Waals surface area contributed by atoms with E-state index in [9.17, 15) is 48.6 Å². The third-order valence-electron chi connectivity index (χ3n) is 19.7. The molecule has 1 aromatic rings. The summed E-state index contributed by atoms with van der Waals surface area (Å²) < 4.78 is 53.4. The molecular weight excluding hydrogens is 1290 g/mol. The summed E-state index contributed by atoms with van der Waals surface area (Å²) in [7, 11) is 5.98. The molecule has 2 saturated heterocycles. The number of urea groups is 1. The molecule has 1 saturated carbocycles. The van der Waals surface area contributed by atoms with Crippen molar-refractivity contribution >= 4 is 53.1 Å². The van der Waals surface area contributed by atoms with Crippen LogP contribution in [0.1, 0.15) is 151 Å². The second-order valence-corrected chi connectivity index (χ2v) is 27.7. The van der Waals surface area contributed by atoms with Crippen LogP contribution in [0.5, 0.6) is 0 Å². The Balaban J connectivity index is 1.22. The van der Waals surface area contributed by atoms with Crippen molar-refractivity contribution in [3.8, 4) is 0 Å². The van der Waals surface area contributed by atoms with Crippen LogP contribution in [0.25, 0.3) is 0 Å². The van der Waals surface area contributed by atoms with Gasteiger partial charge in [0.1, 0.15) is 49.5 Å². The molecular formula is C74H115N7O19. The molecule has 26 heteroatoms. The summed E-state index contributed by atoms with van der Waals surface area (Å²) >= 11 is 0. The summed E-state index contributed by atoms with van der Waals surface area (Å²) in [5, 5.41) is 34.4. The van der Waals surface area contributed by atoms with Crippen molar-refractivity contribution in [3.05, 3.63) is 89.8 Å². The first-order valence-electron chi connectivity index (χ1n) is 35.4. The average molecular weight is 1410 g/mol. The van der Waals surface area contributed by atoms with Gasteiger partial charge >= 0.3 is 18.1 Å². The third-order valence-corrected chi connectivity index (χ3v) is 19.7. The quantitative estimate of drug-likeness (QED) is 0.0163. The number of hydrogen-bond donors (Lipinski definition) is 8. The molecule has 1 unspecified atom stereocenters. The zero-order valence-corrected chi connectivity index (χ0v) is 60.9. The number of carbonyl (C=O) groups excluding carboxylic acids is 8. The molecule has 0 radical (unpaired) electrons. The molecule has 26 nitrogen and oxygen atoms in total. The Hall–Kier alpha value is -6.88. The van der Waals surface area contributed by atoms with Gasteiger partial charge in [-0.1, -0.05) is 103 Å². The maximum atomic E-state index is 14.8. The van der Waals surface area contributed by atoms with Crippen molar-refractivity contribution in [2.75, 3.05) is 66.8 Å². The topological polar surface area (TPSA) is 363 Å². The number of anilines is 1. The van der Waals surface area contributed by atoms with Crippen LogP contribution >= 0.6 is 0 Å². The van der Waals surface area contributed by atoms with Crippen LogP contribution in [0, 0.1) is 41.4 Å². The highest BCUT2D eigenvalue weighted by Crippen LogP contribution is 2.39. The number of carbonyl (C=O) groups is 8. The van der Waals surface area contributed by atoms with E-state index in [0.717, 1.165) is 12.0 Å². The number of nitrogens with one attached hydrogen (secondary N) is 4. The van der Waals surface area contributed by atoms with Crippen molar-refractivity contribution in [2.24, 2.45) is 52.9 Å². The first-order chi connectivity index (χ1) is 47.5. The van der Waals surface area contributed by atoms with Crippen LogP contribution in [-0.4, -0.2) is 191 Å². The fourth-order valence-corrected chi connectivity index (χ4v) is 13.2. The van der Waals surface area contributed by atoms with Crippen LogP contribution in [0.15, 0.2) is 84.2 Å². The van der Waals surface area contributed by atoms with Gasteiger partial charge in [0.2, 0.25) is 17.6 Å². The van der Waals surface area contributed by atoms with Gasteiger partial charge in [0.15, 0.2) is 5.78 Å². The van der Waals surface area contributed by atoms with E-state index in [2.05, 4.69) is 27.8 Å². The molecule has 1 aromatic carbocycles. The summed E-state index contributed by atoms with van der Waals surface area (Å²) in [5.41, 5.74) is 13.7. The minimum atomic E-state index is -2.46. The molecule has 3 aliphatic heterocycles. The number of piperidine rings is 1. The number of methoxy groups -OCH3 is 4. The highest BCUT2D eigenvalue weighted by atomic mass is 16.6. The van der Waals surface area contributed by atoms with E-state index in [1.165, 1.54) is 19.1 Å². The fraction of sp³-hybridized carbons (Fsp3) is 0.676. The zero-order chi connectivity index (χ0) is 73.8. The monoisotopic (exact) mass is 1410 g/mol. The van der Waals surface area contributed by atoms with E-state index in [-0.39, 0.29) is 106 Å².